The van der Waals surface area contributed by atoms with Crippen molar-refractivity contribution in [2.24, 2.45) is 0 Å². The van der Waals surface area contributed by atoms with Gasteiger partial charge in [0, 0.05) is 0 Å². The molecule has 2 aromatic rings. The monoisotopic (exact) mass is 195 g/mol. The number of benzene rings is 2. The fourth-order valence-electron chi connectivity index (χ4n) is 1.62. The van der Waals surface area contributed by atoms with Crippen molar-refractivity contribution in [1.29, 1.82) is 0 Å². The second-order valence-electron chi connectivity index (χ2n) is 3.71. The molecule has 0 saturated carbocycles. The Balaban J connectivity index is 2.30. The Morgan fingerprint density at radius 1 is 1.27 bits per heavy atom. The molecule has 0 atom stereocenters. The summed E-state index contributed by atoms with van der Waals surface area (Å²) in [6.45, 7) is 2.19. The zero-order chi connectivity index (χ0) is 10.5. The van der Waals surface area contributed by atoms with Gasteiger partial charge in [0.05, 0.1) is 0 Å². The molecule has 0 bridgehead atoms. The summed E-state index contributed by atoms with van der Waals surface area (Å²) in [5, 5.41) is 2.45. The first-order valence-electron chi connectivity index (χ1n) is 5.47. The average molecular weight is 195 g/mol. The molecule has 0 heteroatoms. The van der Waals surface area contributed by atoms with Crippen molar-refractivity contribution >= 4 is 16.8 Å². The van der Waals surface area contributed by atoms with E-state index in [2.05, 4.69) is 49.4 Å². The smallest absolute Gasteiger partial charge is 0.00990 e. The second-order valence-corrected chi connectivity index (χ2v) is 3.71. The normalized spacial score (nSPS) is 11.3. The van der Waals surface area contributed by atoms with Crippen molar-refractivity contribution in [3.63, 3.8) is 0 Å². The topological polar surface area (TPSA) is 0 Å². The summed E-state index contributed by atoms with van der Waals surface area (Å²) in [5.74, 6) is 0. The molecule has 0 heterocycles. The maximum Gasteiger partial charge on any atom is -0.00990 e. The number of allylic oxidation sites excluding steroid dienone is 1. The van der Waals surface area contributed by atoms with Gasteiger partial charge in [-0.3, -0.25) is 0 Å². The molecular weight excluding hydrogens is 180 g/mol. The van der Waals surface area contributed by atoms with Gasteiger partial charge in [-0.25, -0.2) is 0 Å². The zero-order valence-electron chi connectivity index (χ0n) is 9.03. The molecule has 0 amide bonds. The van der Waals surface area contributed by atoms with Crippen LogP contribution in [-0.4, -0.2) is 0 Å². The molecule has 2 rings (SSSR count). The quantitative estimate of drug-likeness (QED) is 0.678. The zero-order valence-corrected chi connectivity index (χ0v) is 9.03. The summed E-state index contributed by atoms with van der Waals surface area (Å²) in [4.78, 5) is 0. The van der Waals surface area contributed by atoms with Gasteiger partial charge in [0.2, 0.25) is 0 Å². The van der Waals surface area contributed by atoms with E-state index >= 15 is 0 Å². The summed E-state index contributed by atoms with van der Waals surface area (Å²) >= 11 is 0. The first kappa shape index (κ1) is 9.97. The summed E-state index contributed by atoms with van der Waals surface area (Å²) in [6, 6.07) is 15.8. The highest BCUT2D eigenvalue weighted by molar-refractivity contribution is 5.84. The van der Waals surface area contributed by atoms with E-state index in [9.17, 15) is 0 Å². The summed E-state index contributed by atoms with van der Waals surface area (Å²) in [6.07, 6.45) is 6.76. The Bertz CT molecular complexity index is 466. The number of hydrogen-bond donors (Lipinski definition) is 0. The van der Waals surface area contributed by atoms with E-state index in [0.29, 0.717) is 0 Å². The Morgan fingerprint density at radius 2 is 2.20 bits per heavy atom. The molecule has 0 saturated heterocycles. The summed E-state index contributed by atoms with van der Waals surface area (Å²) in [5.41, 5.74) is 1.26. The van der Waals surface area contributed by atoms with Gasteiger partial charge in [0.15, 0.2) is 0 Å². The largest absolute Gasteiger partial charge is 0.0840 e. The fourth-order valence-corrected chi connectivity index (χ4v) is 1.62. The van der Waals surface area contributed by atoms with Crippen LogP contribution in [0.4, 0.5) is 0 Å². The molecular formula is C15H15. The van der Waals surface area contributed by atoms with Gasteiger partial charge in [0.1, 0.15) is 0 Å². The van der Waals surface area contributed by atoms with Crippen molar-refractivity contribution in [3.05, 3.63) is 54.1 Å². The first-order valence-corrected chi connectivity index (χ1v) is 5.47. The molecule has 0 nitrogen and oxygen atoms in total. The molecule has 0 unspecified atom stereocenters. The van der Waals surface area contributed by atoms with Gasteiger partial charge in [-0.05, 0) is 34.9 Å². The molecule has 75 valence electrons. The predicted octanol–water partition coefficient (Wildman–Crippen LogP) is 4.45. The lowest BCUT2D eigenvalue weighted by molar-refractivity contribution is 0.962. The Morgan fingerprint density at radius 3 is 3.07 bits per heavy atom. The number of hydrogen-bond acceptors (Lipinski definition) is 0. The Kier molecular flexibility index (Phi) is 3.18. The third kappa shape index (κ3) is 2.47. The lowest BCUT2D eigenvalue weighted by atomic mass is 10.1. The van der Waals surface area contributed by atoms with Gasteiger partial charge in [-0.2, -0.15) is 0 Å². The van der Waals surface area contributed by atoms with Gasteiger partial charge >= 0.3 is 0 Å². The predicted molar refractivity (Wildman–Crippen MR) is 66.7 cm³/mol. The standard InChI is InChI=1S/C15H15/c1-2-3-4-7-13-10-11-14-8-5-6-9-15(14)12-13/h4-8,10-12H,2-3H2,1H3. The molecule has 0 fully saturated rings. The van der Waals surface area contributed by atoms with E-state index in [-0.39, 0.29) is 0 Å². The van der Waals surface area contributed by atoms with E-state index in [1.54, 1.807) is 0 Å². The SMILES string of the molecule is CCCC=Cc1ccc2ccc[c]c2c1. The number of rotatable bonds is 3. The lowest BCUT2D eigenvalue weighted by Crippen LogP contribution is -1.75. The highest BCUT2D eigenvalue weighted by Crippen LogP contribution is 2.16. The lowest BCUT2D eigenvalue weighted by Gasteiger charge is -1.98. The third-order valence-electron chi connectivity index (χ3n) is 2.45. The van der Waals surface area contributed by atoms with Crippen LogP contribution in [0.1, 0.15) is 25.3 Å². The average Bonchev–Trinajstić information content (AvgIpc) is 2.29. The molecule has 0 spiro atoms. The van der Waals surface area contributed by atoms with Crippen LogP contribution in [0.2, 0.25) is 0 Å². The van der Waals surface area contributed by atoms with Crippen LogP contribution in [-0.2, 0) is 0 Å². The molecule has 0 aliphatic carbocycles. The Labute approximate surface area is 91.2 Å². The maximum absolute atomic E-state index is 3.25. The van der Waals surface area contributed by atoms with Crippen molar-refractivity contribution in [3.8, 4) is 0 Å². The molecule has 0 aromatic heterocycles. The van der Waals surface area contributed by atoms with Crippen molar-refractivity contribution in [2.45, 2.75) is 19.8 Å². The van der Waals surface area contributed by atoms with Crippen LogP contribution in [0.3, 0.4) is 0 Å². The van der Waals surface area contributed by atoms with Crippen LogP contribution in [0.15, 0.2) is 42.5 Å². The van der Waals surface area contributed by atoms with E-state index in [4.69, 9.17) is 0 Å². The minimum atomic E-state index is 1.15. The van der Waals surface area contributed by atoms with E-state index < -0.39 is 0 Å². The van der Waals surface area contributed by atoms with Crippen LogP contribution >= 0.6 is 0 Å². The van der Waals surface area contributed by atoms with Crippen LogP contribution in [0.5, 0.6) is 0 Å². The summed E-state index contributed by atoms with van der Waals surface area (Å²) < 4.78 is 0. The van der Waals surface area contributed by atoms with Crippen molar-refractivity contribution in [1.82, 2.24) is 0 Å². The maximum atomic E-state index is 3.25. The van der Waals surface area contributed by atoms with E-state index in [1.807, 2.05) is 12.1 Å². The van der Waals surface area contributed by atoms with Crippen LogP contribution in [0, 0.1) is 6.07 Å². The molecule has 1 radical (unpaired) electrons. The van der Waals surface area contributed by atoms with E-state index in [0.717, 1.165) is 6.42 Å². The number of fused-ring (bicyclic) bond motifs is 1. The first-order chi connectivity index (χ1) is 7.40. The minimum absolute atomic E-state index is 1.15. The van der Waals surface area contributed by atoms with Crippen molar-refractivity contribution in [2.75, 3.05) is 0 Å². The molecule has 15 heavy (non-hydrogen) atoms. The molecule has 0 aliphatic rings. The van der Waals surface area contributed by atoms with Gasteiger partial charge in [0.25, 0.3) is 0 Å². The molecule has 2 aromatic carbocycles. The highest BCUT2D eigenvalue weighted by atomic mass is 14.0. The fraction of sp³-hybridized carbons (Fsp3) is 0.200. The van der Waals surface area contributed by atoms with Crippen LogP contribution < -0.4 is 0 Å². The van der Waals surface area contributed by atoms with Gasteiger partial charge < -0.3 is 0 Å². The van der Waals surface area contributed by atoms with Crippen LogP contribution in [0.25, 0.3) is 16.8 Å². The van der Waals surface area contributed by atoms with E-state index in [1.165, 1.54) is 22.8 Å². The third-order valence-corrected chi connectivity index (χ3v) is 2.45. The molecule has 0 aliphatic heterocycles. The summed E-state index contributed by atoms with van der Waals surface area (Å²) in [7, 11) is 0. The minimum Gasteiger partial charge on any atom is -0.0840 e. The van der Waals surface area contributed by atoms with Gasteiger partial charge in [-0.15, -0.1) is 0 Å². The molecule has 0 N–H and O–H groups in total. The second kappa shape index (κ2) is 4.79. The highest BCUT2D eigenvalue weighted by Gasteiger charge is 1.92. The number of unbranched alkanes of at least 4 members (excludes halogenated alkanes) is 1. The van der Waals surface area contributed by atoms with Crippen molar-refractivity contribution < 1.29 is 0 Å². The van der Waals surface area contributed by atoms with Gasteiger partial charge in [-0.1, -0.05) is 55.8 Å². The Hall–Kier alpha value is -1.56.